The van der Waals surface area contributed by atoms with Crippen molar-refractivity contribution in [3.8, 4) is 0 Å². The lowest BCUT2D eigenvalue weighted by atomic mass is 10.0. The van der Waals surface area contributed by atoms with Gasteiger partial charge in [-0.2, -0.15) is 0 Å². The van der Waals surface area contributed by atoms with Crippen LogP contribution in [0.4, 0.5) is 0 Å². The van der Waals surface area contributed by atoms with Crippen molar-refractivity contribution in [2.75, 3.05) is 59.4 Å². The van der Waals surface area contributed by atoms with Gasteiger partial charge in [0.25, 0.3) is 0 Å². The number of aliphatic carboxylic acids is 2. The normalized spacial score (nSPS) is 12.2. The maximum Gasteiger partial charge on any atom is 0.326 e. The summed E-state index contributed by atoms with van der Waals surface area (Å²) >= 11 is 0. The lowest BCUT2D eigenvalue weighted by Gasteiger charge is -2.14. The molecule has 0 heterocycles. The molecule has 6 N–H and O–H groups in total. The highest BCUT2D eigenvalue weighted by atomic mass is 16.5. The molecule has 3 amide bonds. The van der Waals surface area contributed by atoms with Gasteiger partial charge < -0.3 is 45.5 Å². The highest BCUT2D eigenvalue weighted by molar-refractivity contribution is 5.84. The van der Waals surface area contributed by atoms with E-state index in [9.17, 15) is 38.7 Å². The number of carboxylic acids is 2. The van der Waals surface area contributed by atoms with E-state index in [1.54, 1.807) is 6.92 Å². The van der Waals surface area contributed by atoms with Gasteiger partial charge in [0.05, 0.1) is 33.0 Å². The molecule has 0 radical (unpaired) electrons. The highest BCUT2D eigenvalue weighted by Gasteiger charge is 2.21. The number of unbranched alkanes of at least 4 members (excludes halogenated alkanes) is 15. The Hall–Kier alpha value is -3.47. The SMILES string of the molecule is C[C@@H](CCCCCC(=O)COCCOCCNC(=O)COCCOCCCC(=O)CC[C@H](NC(=O)CCCCCCCCCCCCCCCCC(=O)O)C(=O)O)C(N)=O.[HH]. The van der Waals surface area contributed by atoms with Gasteiger partial charge in [-0.3, -0.25) is 28.8 Å². The molecule has 0 aromatic carbocycles. The molecule has 0 aliphatic rings. The minimum atomic E-state index is -1.15. The second kappa shape index (κ2) is 40.9. The van der Waals surface area contributed by atoms with Crippen LogP contribution in [-0.4, -0.2) is 117 Å². The Kier molecular flexibility index (Phi) is 38.5. The van der Waals surface area contributed by atoms with Crippen molar-refractivity contribution in [2.24, 2.45) is 11.7 Å². The lowest BCUT2D eigenvalue weighted by Crippen LogP contribution is -2.41. The molecule has 2 atom stereocenters. The number of hydrogen-bond acceptors (Lipinski definition) is 11. The summed E-state index contributed by atoms with van der Waals surface area (Å²) in [6.07, 6.45) is 20.1. The zero-order valence-corrected chi connectivity index (χ0v) is 36.7. The van der Waals surface area contributed by atoms with Crippen LogP contribution in [0.15, 0.2) is 0 Å². The van der Waals surface area contributed by atoms with Crippen molar-refractivity contribution >= 4 is 41.2 Å². The summed E-state index contributed by atoms with van der Waals surface area (Å²) in [7, 11) is 0. The molecule has 0 rings (SSSR count). The maximum absolute atomic E-state index is 12.3. The maximum atomic E-state index is 12.3. The summed E-state index contributed by atoms with van der Waals surface area (Å²) in [6.45, 7) is 3.60. The number of primary amides is 1. The van der Waals surface area contributed by atoms with Gasteiger partial charge in [-0.1, -0.05) is 96.8 Å². The fourth-order valence-corrected chi connectivity index (χ4v) is 6.28. The number of ether oxygens (including phenoxy) is 4. The third-order valence-corrected chi connectivity index (χ3v) is 10.0. The van der Waals surface area contributed by atoms with Crippen molar-refractivity contribution in [1.29, 1.82) is 0 Å². The molecular formula is C44H81N3O13. The van der Waals surface area contributed by atoms with Crippen LogP contribution in [0.5, 0.6) is 0 Å². The third kappa shape index (κ3) is 40.0. The van der Waals surface area contributed by atoms with Gasteiger partial charge in [0.1, 0.15) is 25.0 Å². The Morgan fingerprint density at radius 3 is 1.55 bits per heavy atom. The van der Waals surface area contributed by atoms with Gasteiger partial charge in [0.15, 0.2) is 5.78 Å². The van der Waals surface area contributed by atoms with Gasteiger partial charge in [-0.15, -0.1) is 0 Å². The van der Waals surface area contributed by atoms with Crippen LogP contribution in [0.2, 0.25) is 0 Å². The number of carbonyl (C=O) groups is 7. The van der Waals surface area contributed by atoms with Crippen LogP contribution >= 0.6 is 0 Å². The molecule has 16 heteroatoms. The zero-order chi connectivity index (χ0) is 44.5. The van der Waals surface area contributed by atoms with E-state index >= 15 is 0 Å². The Labute approximate surface area is 360 Å². The van der Waals surface area contributed by atoms with Crippen LogP contribution in [0, 0.1) is 5.92 Å². The van der Waals surface area contributed by atoms with Crippen molar-refractivity contribution in [1.82, 2.24) is 10.6 Å². The first kappa shape index (κ1) is 56.5. The molecule has 60 heavy (non-hydrogen) atoms. The van der Waals surface area contributed by atoms with Crippen LogP contribution in [0.3, 0.4) is 0 Å². The van der Waals surface area contributed by atoms with E-state index in [0.29, 0.717) is 39.0 Å². The molecule has 350 valence electrons. The topological polar surface area (TPSA) is 247 Å². The molecule has 0 unspecified atom stereocenters. The Morgan fingerprint density at radius 1 is 0.500 bits per heavy atom. The molecule has 0 saturated heterocycles. The zero-order valence-electron chi connectivity index (χ0n) is 36.7. The summed E-state index contributed by atoms with van der Waals surface area (Å²) in [4.78, 5) is 81.6. The predicted molar refractivity (Wildman–Crippen MR) is 229 cm³/mol. The molecule has 16 nitrogen and oxygen atoms in total. The van der Waals surface area contributed by atoms with E-state index in [-0.39, 0.29) is 108 Å². The average Bonchev–Trinajstić information content (AvgIpc) is 3.20. The van der Waals surface area contributed by atoms with Crippen molar-refractivity contribution in [2.45, 2.75) is 173 Å². The van der Waals surface area contributed by atoms with Gasteiger partial charge in [-0.25, -0.2) is 4.79 Å². The fourth-order valence-electron chi connectivity index (χ4n) is 6.28. The molecule has 0 spiro atoms. The molecular weight excluding hydrogens is 778 g/mol. The summed E-state index contributed by atoms with van der Waals surface area (Å²) < 4.78 is 21.5. The number of carboxylic acid groups (broad SMARTS) is 2. The smallest absolute Gasteiger partial charge is 0.326 e. The Morgan fingerprint density at radius 2 is 0.983 bits per heavy atom. The summed E-state index contributed by atoms with van der Waals surface area (Å²) in [5.74, 6) is -3.00. The Balaban J connectivity index is 0. The number of carbonyl (C=O) groups excluding carboxylic acids is 5. The van der Waals surface area contributed by atoms with Crippen LogP contribution in [0.25, 0.3) is 0 Å². The first-order valence-electron chi connectivity index (χ1n) is 22.6. The summed E-state index contributed by atoms with van der Waals surface area (Å²) in [5.41, 5.74) is 5.24. The third-order valence-electron chi connectivity index (χ3n) is 10.0. The predicted octanol–water partition coefficient (Wildman–Crippen LogP) is 6.08. The quantitative estimate of drug-likeness (QED) is 0.0436. The van der Waals surface area contributed by atoms with Crippen molar-refractivity contribution in [3.63, 3.8) is 0 Å². The van der Waals surface area contributed by atoms with E-state index in [1.165, 1.54) is 44.9 Å². The van der Waals surface area contributed by atoms with E-state index in [4.69, 9.17) is 29.8 Å². The van der Waals surface area contributed by atoms with E-state index in [0.717, 1.165) is 64.2 Å². The molecule has 0 fully saturated rings. The van der Waals surface area contributed by atoms with E-state index < -0.39 is 18.0 Å². The number of Topliss-reactive ketones (excluding diaryl/α,β-unsaturated/α-hetero) is 2. The first-order valence-corrected chi connectivity index (χ1v) is 22.6. The lowest BCUT2D eigenvalue weighted by molar-refractivity contribution is -0.142. The number of nitrogens with two attached hydrogens (primary N) is 1. The van der Waals surface area contributed by atoms with Gasteiger partial charge >= 0.3 is 11.9 Å². The number of ketones is 2. The highest BCUT2D eigenvalue weighted by Crippen LogP contribution is 2.14. The Bertz CT molecular complexity index is 1180. The molecule has 0 aliphatic heterocycles. The number of nitrogens with one attached hydrogen (secondary N) is 2. The van der Waals surface area contributed by atoms with Gasteiger partial charge in [-0.05, 0) is 38.5 Å². The average molecular weight is 860 g/mol. The second-order valence-electron chi connectivity index (χ2n) is 15.6. The molecule has 0 aromatic rings. The summed E-state index contributed by atoms with van der Waals surface area (Å²) in [6, 6.07) is -1.10. The minimum absolute atomic E-state index is 0. The molecule has 0 bridgehead atoms. The number of amides is 3. The molecule has 0 aromatic heterocycles. The van der Waals surface area contributed by atoms with E-state index in [2.05, 4.69) is 10.6 Å². The van der Waals surface area contributed by atoms with E-state index in [1.807, 2.05) is 0 Å². The first-order chi connectivity index (χ1) is 28.9. The van der Waals surface area contributed by atoms with Gasteiger partial charge in [0, 0.05) is 52.6 Å². The van der Waals surface area contributed by atoms with Crippen molar-refractivity contribution in [3.05, 3.63) is 0 Å². The molecule has 0 saturated carbocycles. The van der Waals surface area contributed by atoms with Crippen LogP contribution in [-0.2, 0) is 52.5 Å². The standard InChI is InChI=1S/C44H79N3O13.H2/c1-36(43(45)54)20-15-14-16-21-38(49)34-59-32-31-58-29-27-46-41(51)35-60-33-30-57-28-19-22-37(48)25-26-39(44(55)56)47-40(50)23-17-12-10-8-6-4-2-3-5-7-9-11-13-18-24-42(52)53;/h36,39H,2-35H2,1H3,(H2,45,54)(H,46,51)(H,47,50)(H,52,53)(H,55,56);1H/t36-,39-;/m0./s1. The molecule has 0 aliphatic carbocycles. The second-order valence-corrected chi connectivity index (χ2v) is 15.6. The largest absolute Gasteiger partial charge is 0.481 e. The fraction of sp³-hybridized carbons (Fsp3) is 0.841. The van der Waals surface area contributed by atoms with Crippen LogP contribution < -0.4 is 16.4 Å². The number of hydrogen-bond donors (Lipinski definition) is 5. The van der Waals surface area contributed by atoms with Crippen LogP contribution in [0.1, 0.15) is 169 Å². The summed E-state index contributed by atoms with van der Waals surface area (Å²) in [5, 5.41) is 23.4. The van der Waals surface area contributed by atoms with Gasteiger partial charge in [0.2, 0.25) is 17.7 Å². The monoisotopic (exact) mass is 860 g/mol. The number of rotatable bonds is 46. The minimum Gasteiger partial charge on any atom is -0.481 e. The van der Waals surface area contributed by atoms with Crippen molar-refractivity contribution < 1.29 is 64.1 Å².